The predicted octanol–water partition coefficient (Wildman–Crippen LogP) is 4.47. The van der Waals surface area contributed by atoms with Crippen LogP contribution in [0.3, 0.4) is 0 Å². The van der Waals surface area contributed by atoms with E-state index in [0.29, 0.717) is 0 Å². The summed E-state index contributed by atoms with van der Waals surface area (Å²) in [5.74, 6) is 0. The third kappa shape index (κ3) is 2.43. The Morgan fingerprint density at radius 1 is 1.16 bits per heavy atom. The van der Waals surface area contributed by atoms with Gasteiger partial charge in [-0.1, -0.05) is 18.2 Å². The summed E-state index contributed by atoms with van der Waals surface area (Å²) in [6.07, 6.45) is 2.03. The molecular weight excluding hydrogens is 276 g/mol. The molecule has 0 aromatic heterocycles. The molecule has 5 heteroatoms. The summed E-state index contributed by atoms with van der Waals surface area (Å²) in [6, 6.07) is 15.7. The number of thioether (sulfide) groups is 1. The van der Waals surface area contributed by atoms with Gasteiger partial charge in [-0.15, -0.1) is 11.8 Å². The molecule has 0 unspecified atom stereocenters. The Labute approximate surface area is 120 Å². The molecular formula is C14H12N2OS2. The zero-order valence-corrected chi connectivity index (χ0v) is 11.9. The second-order valence-corrected chi connectivity index (χ2v) is 5.88. The second-order valence-electron chi connectivity index (χ2n) is 4.01. The summed E-state index contributed by atoms with van der Waals surface area (Å²) >= 11 is 3.12. The Bertz CT molecular complexity index is 630. The molecule has 0 bridgehead atoms. The van der Waals surface area contributed by atoms with E-state index in [9.17, 15) is 4.79 Å². The topological polar surface area (TPSA) is 32.3 Å². The third-order valence-corrected chi connectivity index (χ3v) is 4.63. The fourth-order valence-corrected chi connectivity index (χ4v) is 3.22. The van der Waals surface area contributed by atoms with Crippen molar-refractivity contribution in [2.45, 2.75) is 9.79 Å². The van der Waals surface area contributed by atoms with Crippen LogP contribution in [0.25, 0.3) is 0 Å². The number of hydrogen-bond acceptors (Lipinski definition) is 3. The smallest absolute Gasteiger partial charge is 0.306 e. The lowest BCUT2D eigenvalue weighted by Gasteiger charge is -2.27. The van der Waals surface area contributed by atoms with Crippen molar-refractivity contribution in [3.05, 3.63) is 48.5 Å². The lowest BCUT2D eigenvalue weighted by molar-refractivity contribution is 0.260. The Kier molecular flexibility index (Phi) is 3.40. The summed E-state index contributed by atoms with van der Waals surface area (Å²) in [5.41, 5.74) is 1.76. The highest BCUT2D eigenvalue weighted by molar-refractivity contribution is 8.01. The van der Waals surface area contributed by atoms with Gasteiger partial charge < -0.3 is 5.32 Å². The molecule has 0 saturated carbocycles. The number of urea groups is 1. The standard InChI is InChI=1S/C14H12N2OS2/c1-18-11-6-4-5-10(9-11)16-14(17)15-12-7-2-3-8-13(12)19-16/h2-9H,1H3,(H,15,17). The second kappa shape index (κ2) is 5.19. The van der Waals surface area contributed by atoms with Gasteiger partial charge in [0.05, 0.1) is 16.3 Å². The molecule has 2 amide bonds. The maximum Gasteiger partial charge on any atom is 0.336 e. The molecule has 0 saturated heterocycles. The van der Waals surface area contributed by atoms with E-state index in [0.717, 1.165) is 21.2 Å². The van der Waals surface area contributed by atoms with Crippen molar-refractivity contribution in [1.82, 2.24) is 0 Å². The van der Waals surface area contributed by atoms with Gasteiger partial charge in [-0.05, 0) is 48.5 Å². The summed E-state index contributed by atoms with van der Waals surface area (Å²) in [6.45, 7) is 0. The van der Waals surface area contributed by atoms with Crippen LogP contribution in [-0.2, 0) is 0 Å². The van der Waals surface area contributed by atoms with E-state index < -0.39 is 0 Å². The van der Waals surface area contributed by atoms with Gasteiger partial charge in [0.1, 0.15) is 0 Å². The van der Waals surface area contributed by atoms with Gasteiger partial charge in [0.25, 0.3) is 0 Å². The van der Waals surface area contributed by atoms with Crippen molar-refractivity contribution in [2.75, 3.05) is 15.9 Å². The molecule has 3 rings (SSSR count). The Morgan fingerprint density at radius 2 is 2.00 bits per heavy atom. The molecule has 0 spiro atoms. The van der Waals surface area contributed by atoms with Crippen molar-refractivity contribution >= 4 is 41.1 Å². The first kappa shape index (κ1) is 12.4. The zero-order chi connectivity index (χ0) is 13.2. The minimum Gasteiger partial charge on any atom is -0.306 e. The number of rotatable bonds is 2. The number of hydrogen-bond donors (Lipinski definition) is 1. The van der Waals surface area contributed by atoms with Gasteiger partial charge in [-0.3, -0.25) is 0 Å². The molecule has 1 aliphatic heterocycles. The van der Waals surface area contributed by atoms with Crippen LogP contribution in [-0.4, -0.2) is 12.3 Å². The zero-order valence-electron chi connectivity index (χ0n) is 10.3. The fourth-order valence-electron chi connectivity index (χ4n) is 1.86. The number of benzene rings is 2. The lowest BCUT2D eigenvalue weighted by Crippen LogP contribution is -2.32. The van der Waals surface area contributed by atoms with Crippen LogP contribution < -0.4 is 9.62 Å². The van der Waals surface area contributed by atoms with Crippen LogP contribution in [0.15, 0.2) is 58.3 Å². The molecule has 0 radical (unpaired) electrons. The van der Waals surface area contributed by atoms with Crippen molar-refractivity contribution in [2.24, 2.45) is 0 Å². The quantitative estimate of drug-likeness (QED) is 0.653. The average molecular weight is 288 g/mol. The van der Waals surface area contributed by atoms with E-state index in [2.05, 4.69) is 5.32 Å². The molecule has 2 aromatic carbocycles. The molecule has 0 fully saturated rings. The van der Waals surface area contributed by atoms with Crippen molar-refractivity contribution in [3.8, 4) is 0 Å². The maximum absolute atomic E-state index is 12.1. The first-order valence-corrected chi connectivity index (χ1v) is 7.80. The number of carbonyl (C=O) groups is 1. The highest BCUT2D eigenvalue weighted by Crippen LogP contribution is 2.38. The summed E-state index contributed by atoms with van der Waals surface area (Å²) < 4.78 is 1.68. The maximum atomic E-state index is 12.1. The number of nitrogens with zero attached hydrogens (tertiary/aromatic N) is 1. The highest BCUT2D eigenvalue weighted by atomic mass is 32.2. The van der Waals surface area contributed by atoms with Crippen LogP contribution in [0.2, 0.25) is 0 Å². The number of anilines is 2. The average Bonchev–Trinajstić information content (AvgIpc) is 2.46. The van der Waals surface area contributed by atoms with E-state index in [-0.39, 0.29) is 6.03 Å². The van der Waals surface area contributed by atoms with Crippen LogP contribution in [0.1, 0.15) is 0 Å². The van der Waals surface area contributed by atoms with Gasteiger partial charge in [0, 0.05) is 4.90 Å². The van der Waals surface area contributed by atoms with E-state index >= 15 is 0 Å². The first-order chi connectivity index (χ1) is 9.28. The van der Waals surface area contributed by atoms with Gasteiger partial charge in [-0.25, -0.2) is 9.10 Å². The lowest BCUT2D eigenvalue weighted by atomic mass is 10.3. The summed E-state index contributed by atoms with van der Waals surface area (Å²) in [5, 5.41) is 2.91. The minimum atomic E-state index is -0.109. The Hall–Kier alpha value is -1.59. The van der Waals surface area contributed by atoms with Crippen molar-refractivity contribution in [3.63, 3.8) is 0 Å². The number of amides is 2. The normalized spacial score (nSPS) is 13.9. The van der Waals surface area contributed by atoms with Gasteiger partial charge in [-0.2, -0.15) is 0 Å². The monoisotopic (exact) mass is 288 g/mol. The van der Waals surface area contributed by atoms with Crippen molar-refractivity contribution < 1.29 is 4.79 Å². The largest absolute Gasteiger partial charge is 0.336 e. The first-order valence-electron chi connectivity index (χ1n) is 5.80. The molecule has 96 valence electrons. The third-order valence-electron chi connectivity index (χ3n) is 2.79. The van der Waals surface area contributed by atoms with E-state index in [1.165, 1.54) is 11.9 Å². The SMILES string of the molecule is CSc1cccc(N2Sc3ccccc3NC2=O)c1. The minimum absolute atomic E-state index is 0.109. The molecule has 0 aliphatic carbocycles. The number of nitrogens with one attached hydrogen (secondary N) is 1. The molecule has 2 aromatic rings. The molecule has 1 heterocycles. The molecule has 1 N–H and O–H groups in total. The number of fused-ring (bicyclic) bond motifs is 1. The van der Waals surface area contributed by atoms with Crippen LogP contribution in [0, 0.1) is 0 Å². The number of carbonyl (C=O) groups excluding carboxylic acids is 1. The van der Waals surface area contributed by atoms with Gasteiger partial charge in [0.15, 0.2) is 0 Å². The van der Waals surface area contributed by atoms with Gasteiger partial charge >= 0.3 is 6.03 Å². The Morgan fingerprint density at radius 3 is 2.84 bits per heavy atom. The molecule has 1 aliphatic rings. The van der Waals surface area contributed by atoms with Crippen LogP contribution in [0.4, 0.5) is 16.2 Å². The van der Waals surface area contributed by atoms with Crippen LogP contribution in [0.5, 0.6) is 0 Å². The van der Waals surface area contributed by atoms with E-state index in [1.807, 2.05) is 54.8 Å². The van der Waals surface area contributed by atoms with Gasteiger partial charge in [0.2, 0.25) is 0 Å². The molecule has 0 atom stereocenters. The highest BCUT2D eigenvalue weighted by Gasteiger charge is 2.24. The molecule has 19 heavy (non-hydrogen) atoms. The van der Waals surface area contributed by atoms with E-state index in [1.54, 1.807) is 16.1 Å². The molecule has 3 nitrogen and oxygen atoms in total. The summed E-state index contributed by atoms with van der Waals surface area (Å²) in [4.78, 5) is 14.3. The summed E-state index contributed by atoms with van der Waals surface area (Å²) in [7, 11) is 0. The predicted molar refractivity (Wildman–Crippen MR) is 82.0 cm³/mol. The Balaban J connectivity index is 1.96. The fraction of sp³-hybridized carbons (Fsp3) is 0.0714. The van der Waals surface area contributed by atoms with Crippen LogP contribution >= 0.6 is 23.7 Å². The van der Waals surface area contributed by atoms with Crippen molar-refractivity contribution in [1.29, 1.82) is 0 Å². The van der Waals surface area contributed by atoms with E-state index in [4.69, 9.17) is 0 Å². The number of para-hydroxylation sites is 1.